The molecule has 24 heavy (non-hydrogen) atoms. The molecule has 1 saturated carbocycles. The molecular formula is C20H34N2O2. The molecule has 4 heteroatoms. The second-order valence-corrected chi connectivity index (χ2v) is 8.59. The van der Waals surface area contributed by atoms with Crippen LogP contribution in [0, 0.1) is 11.8 Å². The van der Waals surface area contributed by atoms with E-state index in [0.29, 0.717) is 36.0 Å². The average molecular weight is 335 g/mol. The molecule has 0 radical (unpaired) electrons. The summed E-state index contributed by atoms with van der Waals surface area (Å²) < 4.78 is 0. The molecule has 0 aromatic rings. The largest absolute Gasteiger partial charge is 0.337 e. The van der Waals surface area contributed by atoms with Crippen LogP contribution in [0.15, 0.2) is 0 Å². The van der Waals surface area contributed by atoms with Crippen molar-refractivity contribution < 1.29 is 9.59 Å². The smallest absolute Gasteiger partial charge is 0.226 e. The third-order valence-corrected chi connectivity index (χ3v) is 6.84. The maximum Gasteiger partial charge on any atom is 0.226 e. The van der Waals surface area contributed by atoms with E-state index in [1.54, 1.807) is 0 Å². The number of rotatable bonds is 2. The first-order valence-corrected chi connectivity index (χ1v) is 10.0. The van der Waals surface area contributed by atoms with Crippen molar-refractivity contribution in [3.05, 3.63) is 0 Å². The van der Waals surface area contributed by atoms with Gasteiger partial charge in [0.25, 0.3) is 0 Å². The van der Waals surface area contributed by atoms with Crippen molar-refractivity contribution in [2.45, 2.75) is 103 Å². The summed E-state index contributed by atoms with van der Waals surface area (Å²) in [5, 5.41) is 0. The summed E-state index contributed by atoms with van der Waals surface area (Å²) in [6.07, 6.45) is 8.08. The highest BCUT2D eigenvalue weighted by Gasteiger charge is 2.40. The van der Waals surface area contributed by atoms with Crippen molar-refractivity contribution >= 4 is 11.8 Å². The molecular weight excluding hydrogens is 300 g/mol. The maximum absolute atomic E-state index is 12.9. The molecule has 4 atom stereocenters. The van der Waals surface area contributed by atoms with E-state index >= 15 is 0 Å². The van der Waals surface area contributed by atoms with Crippen molar-refractivity contribution in [2.24, 2.45) is 11.8 Å². The number of nitrogens with zero attached hydrogens (tertiary/aromatic N) is 2. The number of hydrogen-bond donors (Lipinski definition) is 0. The zero-order chi connectivity index (χ0) is 17.4. The summed E-state index contributed by atoms with van der Waals surface area (Å²) in [5.74, 6) is 0.985. The van der Waals surface area contributed by atoms with Crippen LogP contribution in [0.2, 0.25) is 0 Å². The fraction of sp³-hybridized carbons (Fsp3) is 0.900. The lowest BCUT2D eigenvalue weighted by Gasteiger charge is -2.36. The minimum atomic E-state index is 0.144. The minimum Gasteiger partial charge on any atom is -0.337 e. The number of carbonyl (C=O) groups is 2. The lowest BCUT2D eigenvalue weighted by Crippen LogP contribution is -2.46. The monoisotopic (exact) mass is 334 g/mol. The van der Waals surface area contributed by atoms with Gasteiger partial charge in [0.1, 0.15) is 0 Å². The van der Waals surface area contributed by atoms with Crippen LogP contribution in [0.25, 0.3) is 0 Å². The van der Waals surface area contributed by atoms with Gasteiger partial charge < -0.3 is 9.80 Å². The van der Waals surface area contributed by atoms with Crippen molar-refractivity contribution in [1.29, 1.82) is 0 Å². The molecule has 0 aromatic heterocycles. The third-order valence-electron chi connectivity index (χ3n) is 6.84. The van der Waals surface area contributed by atoms with E-state index in [4.69, 9.17) is 0 Å². The van der Waals surface area contributed by atoms with Crippen LogP contribution in [0.5, 0.6) is 0 Å². The Hall–Kier alpha value is -1.06. The average Bonchev–Trinajstić information content (AvgIpc) is 3.08. The van der Waals surface area contributed by atoms with Gasteiger partial charge in [-0.05, 0) is 79.1 Å². The lowest BCUT2D eigenvalue weighted by atomic mass is 9.80. The molecule has 4 unspecified atom stereocenters. The fourth-order valence-electron chi connectivity index (χ4n) is 5.27. The van der Waals surface area contributed by atoms with E-state index in [1.165, 1.54) is 0 Å². The molecule has 0 aromatic carbocycles. The molecule has 136 valence electrons. The molecule has 2 amide bonds. The van der Waals surface area contributed by atoms with Crippen LogP contribution in [-0.4, -0.2) is 45.8 Å². The summed E-state index contributed by atoms with van der Waals surface area (Å²) in [4.78, 5) is 30.0. The zero-order valence-electron chi connectivity index (χ0n) is 15.8. The van der Waals surface area contributed by atoms with E-state index in [-0.39, 0.29) is 11.8 Å². The van der Waals surface area contributed by atoms with Gasteiger partial charge in [0.2, 0.25) is 11.8 Å². The minimum absolute atomic E-state index is 0.144. The van der Waals surface area contributed by atoms with E-state index in [0.717, 1.165) is 51.4 Å². The molecule has 2 aliphatic heterocycles. The number of amides is 2. The highest BCUT2D eigenvalue weighted by molar-refractivity contribution is 5.82. The van der Waals surface area contributed by atoms with Gasteiger partial charge in [-0.15, -0.1) is 0 Å². The van der Waals surface area contributed by atoms with Crippen LogP contribution in [0.1, 0.15) is 79.1 Å². The van der Waals surface area contributed by atoms with E-state index in [1.807, 2.05) is 0 Å². The number of hydrogen-bond acceptors (Lipinski definition) is 2. The van der Waals surface area contributed by atoms with E-state index in [2.05, 4.69) is 37.5 Å². The van der Waals surface area contributed by atoms with Crippen molar-refractivity contribution in [1.82, 2.24) is 9.80 Å². The van der Waals surface area contributed by atoms with Crippen LogP contribution in [0.3, 0.4) is 0 Å². The molecule has 2 heterocycles. The van der Waals surface area contributed by atoms with Gasteiger partial charge in [0, 0.05) is 36.0 Å². The Balaban J connectivity index is 1.56. The van der Waals surface area contributed by atoms with Crippen LogP contribution >= 0.6 is 0 Å². The normalized spacial score (nSPS) is 40.2. The zero-order valence-corrected chi connectivity index (χ0v) is 15.8. The first-order valence-electron chi connectivity index (χ1n) is 10.0. The quantitative estimate of drug-likeness (QED) is 0.774. The first kappa shape index (κ1) is 17.8. The summed E-state index contributed by atoms with van der Waals surface area (Å²) in [7, 11) is 0. The summed E-state index contributed by atoms with van der Waals surface area (Å²) >= 11 is 0. The molecule has 3 rings (SSSR count). The fourth-order valence-corrected chi connectivity index (χ4v) is 5.27. The molecule has 0 bridgehead atoms. The van der Waals surface area contributed by atoms with E-state index in [9.17, 15) is 9.59 Å². The van der Waals surface area contributed by atoms with Gasteiger partial charge in [-0.2, -0.15) is 0 Å². The van der Waals surface area contributed by atoms with Crippen molar-refractivity contribution in [3.63, 3.8) is 0 Å². The Morgan fingerprint density at radius 2 is 0.792 bits per heavy atom. The summed E-state index contributed by atoms with van der Waals surface area (Å²) in [6.45, 7) is 8.69. The van der Waals surface area contributed by atoms with Gasteiger partial charge in [-0.25, -0.2) is 0 Å². The predicted octanol–water partition coefficient (Wildman–Crippen LogP) is 3.59. The van der Waals surface area contributed by atoms with Gasteiger partial charge in [0.15, 0.2) is 0 Å². The van der Waals surface area contributed by atoms with Gasteiger partial charge in [-0.3, -0.25) is 9.59 Å². The standard InChI is InChI=1S/C20H34N2O2/c1-13-5-6-14(2)21(13)19(23)17-9-11-18(12-10-17)20(24)22-15(3)7-8-16(22)4/h13-18H,5-12H2,1-4H3. The third kappa shape index (κ3) is 3.21. The lowest BCUT2D eigenvalue weighted by molar-refractivity contribution is -0.144. The van der Waals surface area contributed by atoms with Crippen molar-refractivity contribution in [2.75, 3.05) is 0 Å². The van der Waals surface area contributed by atoms with Crippen LogP contribution < -0.4 is 0 Å². The van der Waals surface area contributed by atoms with Gasteiger partial charge >= 0.3 is 0 Å². The number of carbonyl (C=O) groups excluding carboxylic acids is 2. The Labute approximate surface area is 146 Å². The SMILES string of the molecule is CC1CCC(C)N1C(=O)C1CCC(C(=O)N2C(C)CCC2C)CC1. The second-order valence-electron chi connectivity index (χ2n) is 8.59. The van der Waals surface area contributed by atoms with E-state index < -0.39 is 0 Å². The Morgan fingerprint density at radius 1 is 0.542 bits per heavy atom. The topological polar surface area (TPSA) is 40.6 Å². The van der Waals surface area contributed by atoms with Crippen LogP contribution in [-0.2, 0) is 9.59 Å². The maximum atomic E-state index is 12.9. The van der Waals surface area contributed by atoms with Crippen molar-refractivity contribution in [3.8, 4) is 0 Å². The molecule has 0 N–H and O–H groups in total. The second kappa shape index (κ2) is 7.05. The summed E-state index contributed by atoms with van der Waals surface area (Å²) in [6, 6.07) is 1.55. The highest BCUT2D eigenvalue weighted by Crippen LogP contribution is 2.36. The van der Waals surface area contributed by atoms with Gasteiger partial charge in [0.05, 0.1) is 0 Å². The highest BCUT2D eigenvalue weighted by atomic mass is 16.2. The van der Waals surface area contributed by atoms with Gasteiger partial charge in [-0.1, -0.05) is 0 Å². The molecule has 4 nitrogen and oxygen atoms in total. The Bertz CT molecular complexity index is 420. The Kier molecular flexibility index (Phi) is 5.22. The summed E-state index contributed by atoms with van der Waals surface area (Å²) in [5.41, 5.74) is 0. The molecule has 0 spiro atoms. The molecule has 2 saturated heterocycles. The molecule has 1 aliphatic carbocycles. The molecule has 3 fully saturated rings. The predicted molar refractivity (Wildman–Crippen MR) is 95.5 cm³/mol. The van der Waals surface area contributed by atoms with Crippen LogP contribution in [0.4, 0.5) is 0 Å². The first-order chi connectivity index (χ1) is 11.4. The number of likely N-dealkylation sites (tertiary alicyclic amines) is 2. The Morgan fingerprint density at radius 3 is 1.04 bits per heavy atom. The molecule has 3 aliphatic rings.